The largest absolute Gasteiger partial charge is 0.475 e. The lowest BCUT2D eigenvalue weighted by Crippen LogP contribution is -2.40. The Hall–Kier alpha value is -2.04. The molecule has 1 aromatic rings. The molecule has 0 radical (unpaired) electrons. The highest BCUT2D eigenvalue weighted by Crippen LogP contribution is 2.56. The molecule has 29 heavy (non-hydrogen) atoms. The molecule has 0 aromatic heterocycles. The normalized spacial score (nSPS) is 32.3. The number of hydrogen-bond acceptors (Lipinski definition) is 7. The van der Waals surface area contributed by atoms with E-state index < -0.39 is 68.4 Å². The quantitative estimate of drug-likeness (QED) is 0.533. The minimum absolute atomic E-state index is 0.0413. The number of phosphoric acid groups is 1. The van der Waals surface area contributed by atoms with Gasteiger partial charge in [0.05, 0.1) is 19.6 Å². The summed E-state index contributed by atoms with van der Waals surface area (Å²) in [7, 11) is -4.05. The zero-order valence-corrected chi connectivity index (χ0v) is 15.7. The van der Waals surface area contributed by atoms with Gasteiger partial charge in [0.2, 0.25) is 11.7 Å². The molecule has 156 valence electrons. The fourth-order valence-corrected chi connectivity index (χ4v) is 4.62. The molecule has 2 fully saturated rings. The van der Waals surface area contributed by atoms with Crippen LogP contribution in [-0.4, -0.2) is 41.6 Å². The number of hydrogen-bond donors (Lipinski definition) is 0. The first kappa shape index (κ1) is 20.2. The third-order valence-electron chi connectivity index (χ3n) is 4.58. The van der Waals surface area contributed by atoms with Gasteiger partial charge in [-0.05, 0) is 17.7 Å². The Bertz CT molecular complexity index is 919. The van der Waals surface area contributed by atoms with Gasteiger partial charge >= 0.3 is 7.82 Å². The van der Waals surface area contributed by atoms with Crippen LogP contribution in [0.3, 0.4) is 0 Å². The summed E-state index contributed by atoms with van der Waals surface area (Å²) in [6.07, 6.45) is -2.21. The average Bonchev–Trinajstić information content (AvgIpc) is 3.05. The molecule has 0 spiro atoms. The Kier molecular flexibility index (Phi) is 5.34. The highest BCUT2D eigenvalue weighted by molar-refractivity contribution is 7.48. The molecule has 8 nitrogen and oxygen atoms in total. The molecule has 12 heteroatoms. The van der Waals surface area contributed by atoms with Crippen LogP contribution in [0.2, 0.25) is 0 Å². The van der Waals surface area contributed by atoms with Crippen LogP contribution in [0.5, 0.6) is 0 Å². The van der Waals surface area contributed by atoms with E-state index in [2.05, 4.69) is 0 Å². The number of rotatable bonds is 4. The van der Waals surface area contributed by atoms with Crippen LogP contribution in [0.1, 0.15) is 18.4 Å². The van der Waals surface area contributed by atoms with Crippen molar-refractivity contribution in [3.05, 3.63) is 47.4 Å². The maximum absolute atomic E-state index is 13.6. The van der Waals surface area contributed by atoms with Crippen molar-refractivity contribution in [3.8, 4) is 0 Å². The van der Waals surface area contributed by atoms with E-state index in [1.165, 1.54) is 0 Å². The Labute approximate surface area is 162 Å². The maximum atomic E-state index is 13.6. The van der Waals surface area contributed by atoms with Gasteiger partial charge in [-0.1, -0.05) is 0 Å². The van der Waals surface area contributed by atoms with Crippen molar-refractivity contribution in [2.75, 3.05) is 6.61 Å². The first-order chi connectivity index (χ1) is 13.7. The van der Waals surface area contributed by atoms with E-state index in [1.54, 1.807) is 0 Å². The summed E-state index contributed by atoms with van der Waals surface area (Å²) in [5, 5.41) is 0. The molecule has 0 saturated carbocycles. The van der Waals surface area contributed by atoms with Gasteiger partial charge in [0, 0.05) is 18.7 Å². The van der Waals surface area contributed by atoms with Gasteiger partial charge in [-0.3, -0.25) is 28.1 Å². The van der Waals surface area contributed by atoms with Crippen LogP contribution < -0.4 is 0 Å². The topological polar surface area (TPSA) is 91.4 Å². The predicted molar refractivity (Wildman–Crippen MR) is 88.5 cm³/mol. The molecule has 3 aliphatic rings. The van der Waals surface area contributed by atoms with Crippen LogP contribution in [-0.2, 0) is 39.1 Å². The molecule has 1 aromatic carbocycles. The van der Waals surface area contributed by atoms with E-state index in [4.69, 9.17) is 18.3 Å². The lowest BCUT2D eigenvalue weighted by atomic mass is 10.1. The summed E-state index contributed by atoms with van der Waals surface area (Å²) in [6.45, 7) is -0.614. The van der Waals surface area contributed by atoms with Crippen molar-refractivity contribution >= 4 is 19.5 Å². The number of fused-ring (bicyclic) bond motifs is 1. The third kappa shape index (κ3) is 4.29. The number of carbonyl (C=O) groups is 2. The monoisotopic (exact) mass is 433 g/mol. The second kappa shape index (κ2) is 7.66. The van der Waals surface area contributed by atoms with E-state index >= 15 is 0 Å². The summed E-state index contributed by atoms with van der Waals surface area (Å²) >= 11 is 0. The number of phosphoric ester groups is 1. The van der Waals surface area contributed by atoms with Crippen LogP contribution in [0.15, 0.2) is 30.2 Å². The number of amides is 1. The Morgan fingerprint density at radius 2 is 1.86 bits per heavy atom. The minimum atomic E-state index is -4.05. The predicted octanol–water partition coefficient (Wildman–Crippen LogP) is 2.73. The van der Waals surface area contributed by atoms with Gasteiger partial charge in [-0.2, -0.15) is 0 Å². The molecule has 1 amide bonds. The minimum Gasteiger partial charge on any atom is -0.349 e. The van der Waals surface area contributed by atoms with E-state index in [0.717, 1.165) is 23.2 Å². The highest BCUT2D eigenvalue weighted by Gasteiger charge is 2.49. The molecule has 1 unspecified atom stereocenters. The van der Waals surface area contributed by atoms with Crippen molar-refractivity contribution in [1.82, 2.24) is 4.90 Å². The third-order valence-corrected chi connectivity index (χ3v) is 6.02. The molecule has 0 bridgehead atoms. The van der Waals surface area contributed by atoms with Crippen LogP contribution in [0, 0.1) is 11.6 Å². The van der Waals surface area contributed by atoms with Gasteiger partial charge in [0.15, 0.2) is 5.83 Å². The molecule has 2 saturated heterocycles. The molecule has 0 N–H and O–H groups in total. The Morgan fingerprint density at radius 3 is 2.59 bits per heavy atom. The smallest absolute Gasteiger partial charge is 0.349 e. The lowest BCUT2D eigenvalue weighted by Gasteiger charge is -2.30. The molecule has 0 aliphatic carbocycles. The van der Waals surface area contributed by atoms with Crippen LogP contribution in [0.4, 0.5) is 13.2 Å². The Balaban J connectivity index is 1.40. The van der Waals surface area contributed by atoms with Crippen molar-refractivity contribution in [1.29, 1.82) is 0 Å². The summed E-state index contributed by atoms with van der Waals surface area (Å²) in [5.74, 6) is -4.23. The summed E-state index contributed by atoms with van der Waals surface area (Å²) in [4.78, 5) is 24.2. The van der Waals surface area contributed by atoms with E-state index in [0.29, 0.717) is 6.07 Å². The zero-order chi connectivity index (χ0) is 20.8. The van der Waals surface area contributed by atoms with Crippen molar-refractivity contribution in [3.63, 3.8) is 0 Å². The number of allylic oxidation sites excluding steroid dienone is 1. The first-order valence-electron chi connectivity index (χ1n) is 8.62. The average molecular weight is 433 g/mol. The SMILES string of the molecule is O=C1CC(=O)N([C@H]2C[C@@H]3OP(=O)(OCc4cc(F)cc(F)c4)OC[C@H]3O2)C=C1F. The number of halogens is 3. The van der Waals surface area contributed by atoms with Gasteiger partial charge in [0.25, 0.3) is 0 Å². The van der Waals surface area contributed by atoms with Crippen LogP contribution in [0.25, 0.3) is 0 Å². The first-order valence-corrected chi connectivity index (χ1v) is 10.1. The molecular weight excluding hydrogens is 418 g/mol. The standard InChI is InChI=1S/C17H15F3NO7P/c18-10-1-9(2-11(19)3-10)7-25-29(24)26-8-15-14(28-29)5-17(27-15)21-6-12(20)13(22)4-16(21)23/h1-3,6,14-15,17H,4-5,7-8H2/t14-,15+,17+,29?/m0/s1. The molecular formula is C17H15F3NO7P. The lowest BCUT2D eigenvalue weighted by molar-refractivity contribution is -0.146. The molecule has 4 atom stereocenters. The molecule has 3 heterocycles. The summed E-state index contributed by atoms with van der Waals surface area (Å²) in [5.41, 5.74) is 0.0942. The van der Waals surface area contributed by atoms with Gasteiger partial charge in [0.1, 0.15) is 30.1 Å². The number of carbonyl (C=O) groups excluding carboxylic acids is 2. The number of ether oxygens (including phenoxy) is 1. The summed E-state index contributed by atoms with van der Waals surface area (Å²) < 4.78 is 73.9. The molecule has 3 aliphatic heterocycles. The zero-order valence-electron chi connectivity index (χ0n) is 14.8. The number of nitrogens with zero attached hydrogens (tertiary/aromatic N) is 1. The van der Waals surface area contributed by atoms with E-state index in [9.17, 15) is 27.3 Å². The number of ketones is 1. The van der Waals surface area contributed by atoms with Crippen LogP contribution >= 0.6 is 7.82 Å². The summed E-state index contributed by atoms with van der Waals surface area (Å²) in [6, 6.07) is 2.72. The second-order valence-corrected chi connectivity index (χ2v) is 8.30. The van der Waals surface area contributed by atoms with Crippen molar-refractivity contribution in [2.24, 2.45) is 0 Å². The second-order valence-electron chi connectivity index (χ2n) is 6.68. The van der Waals surface area contributed by atoms with Crippen molar-refractivity contribution < 1.29 is 45.6 Å². The number of Topliss-reactive ketones (excluding diaryl/α,β-unsaturated/α-hetero) is 1. The molecule has 4 rings (SSSR count). The number of benzene rings is 1. The van der Waals surface area contributed by atoms with Gasteiger partial charge in [-0.15, -0.1) is 0 Å². The van der Waals surface area contributed by atoms with E-state index in [1.807, 2.05) is 0 Å². The van der Waals surface area contributed by atoms with Gasteiger partial charge < -0.3 is 4.74 Å². The fourth-order valence-electron chi connectivity index (χ4n) is 3.23. The van der Waals surface area contributed by atoms with Gasteiger partial charge in [-0.25, -0.2) is 17.7 Å². The fraction of sp³-hybridized carbons (Fsp3) is 0.412. The van der Waals surface area contributed by atoms with E-state index in [-0.39, 0.29) is 18.6 Å². The van der Waals surface area contributed by atoms with Crippen molar-refractivity contribution in [2.45, 2.75) is 37.9 Å². The Morgan fingerprint density at radius 1 is 1.14 bits per heavy atom. The maximum Gasteiger partial charge on any atom is 0.475 e. The highest BCUT2D eigenvalue weighted by atomic mass is 31.2.